The van der Waals surface area contributed by atoms with Crippen molar-refractivity contribution in [1.82, 2.24) is 9.97 Å². The van der Waals surface area contributed by atoms with Crippen LogP contribution in [0, 0.1) is 17.0 Å². The van der Waals surface area contributed by atoms with Gasteiger partial charge in [0, 0.05) is 23.4 Å². The van der Waals surface area contributed by atoms with E-state index in [9.17, 15) is 14.9 Å². The SMILES string of the molecule is CCCCCCOc1c(OC)cc(/C=N\Nc2nc(C)cc(=O)[nH]2)cc1[N+](=O)[O-]. The smallest absolute Gasteiger partial charge is 0.315 e. The molecule has 29 heavy (non-hydrogen) atoms. The van der Waals surface area contributed by atoms with E-state index in [1.54, 1.807) is 13.0 Å². The molecular weight excluding hydrogens is 378 g/mol. The fraction of sp³-hybridized carbons (Fsp3) is 0.421. The number of nitro groups is 1. The van der Waals surface area contributed by atoms with Gasteiger partial charge in [0.15, 0.2) is 5.75 Å². The van der Waals surface area contributed by atoms with E-state index in [2.05, 4.69) is 27.4 Å². The molecule has 1 heterocycles. The molecule has 1 aromatic heterocycles. The summed E-state index contributed by atoms with van der Waals surface area (Å²) in [4.78, 5) is 29.0. The number of nitrogens with zero attached hydrogens (tertiary/aromatic N) is 3. The van der Waals surface area contributed by atoms with Crippen LogP contribution in [0.5, 0.6) is 11.5 Å². The van der Waals surface area contributed by atoms with Gasteiger partial charge in [-0.3, -0.25) is 19.9 Å². The Morgan fingerprint density at radius 3 is 2.76 bits per heavy atom. The lowest BCUT2D eigenvalue weighted by atomic mass is 10.1. The molecule has 156 valence electrons. The summed E-state index contributed by atoms with van der Waals surface area (Å²) in [6, 6.07) is 4.29. The Morgan fingerprint density at radius 1 is 1.31 bits per heavy atom. The molecule has 10 nitrogen and oxygen atoms in total. The fourth-order valence-electron chi connectivity index (χ4n) is 2.62. The van der Waals surface area contributed by atoms with Gasteiger partial charge in [0.1, 0.15) is 0 Å². The highest BCUT2D eigenvalue weighted by Crippen LogP contribution is 2.38. The van der Waals surface area contributed by atoms with E-state index in [1.165, 1.54) is 25.5 Å². The second kappa shape index (κ2) is 10.8. The summed E-state index contributed by atoms with van der Waals surface area (Å²) < 4.78 is 10.9. The van der Waals surface area contributed by atoms with Crippen LogP contribution in [0.2, 0.25) is 0 Å². The van der Waals surface area contributed by atoms with Gasteiger partial charge in [-0.2, -0.15) is 5.10 Å². The number of rotatable bonds is 11. The maximum Gasteiger partial charge on any atom is 0.315 e. The van der Waals surface area contributed by atoms with Gasteiger partial charge in [-0.15, -0.1) is 0 Å². The molecule has 0 amide bonds. The quantitative estimate of drug-likeness (QED) is 0.254. The van der Waals surface area contributed by atoms with Crippen molar-refractivity contribution in [1.29, 1.82) is 0 Å². The molecule has 1 aromatic carbocycles. The van der Waals surface area contributed by atoms with Gasteiger partial charge < -0.3 is 9.47 Å². The summed E-state index contributed by atoms with van der Waals surface area (Å²) in [5.74, 6) is 0.516. The predicted octanol–water partition coefficient (Wildman–Crippen LogP) is 3.40. The molecule has 0 unspecified atom stereocenters. The molecule has 2 rings (SSSR count). The second-order valence-corrected chi connectivity index (χ2v) is 6.34. The van der Waals surface area contributed by atoms with Crippen molar-refractivity contribution in [3.8, 4) is 11.5 Å². The third-order valence-corrected chi connectivity index (χ3v) is 3.97. The number of hydrogen-bond donors (Lipinski definition) is 2. The molecule has 0 spiro atoms. The maximum atomic E-state index is 11.5. The van der Waals surface area contributed by atoms with Crippen molar-refractivity contribution in [3.05, 3.63) is 49.9 Å². The van der Waals surface area contributed by atoms with Crippen molar-refractivity contribution < 1.29 is 14.4 Å². The summed E-state index contributed by atoms with van der Waals surface area (Å²) >= 11 is 0. The molecule has 0 aliphatic carbocycles. The van der Waals surface area contributed by atoms with Crippen LogP contribution >= 0.6 is 0 Å². The van der Waals surface area contributed by atoms with Gasteiger partial charge in [-0.05, 0) is 19.4 Å². The van der Waals surface area contributed by atoms with Gasteiger partial charge >= 0.3 is 5.69 Å². The first-order valence-corrected chi connectivity index (χ1v) is 9.30. The number of H-pyrrole nitrogens is 1. The largest absolute Gasteiger partial charge is 0.493 e. The zero-order valence-corrected chi connectivity index (χ0v) is 16.7. The Labute approximate surface area is 168 Å². The molecule has 2 aromatic rings. The highest BCUT2D eigenvalue weighted by atomic mass is 16.6. The number of anilines is 1. The Hall–Kier alpha value is -3.43. The van der Waals surface area contributed by atoms with Crippen molar-refractivity contribution >= 4 is 17.9 Å². The molecule has 0 fully saturated rings. The van der Waals surface area contributed by atoms with E-state index in [0.717, 1.165) is 25.7 Å². The van der Waals surface area contributed by atoms with Crippen LogP contribution in [0.25, 0.3) is 0 Å². The lowest BCUT2D eigenvalue weighted by Gasteiger charge is -2.12. The number of nitrogens with one attached hydrogen (secondary N) is 2. The number of nitro benzene ring substituents is 1. The second-order valence-electron chi connectivity index (χ2n) is 6.34. The molecule has 0 radical (unpaired) electrons. The number of hydrazone groups is 1. The van der Waals surface area contributed by atoms with Crippen LogP contribution in [0.3, 0.4) is 0 Å². The number of methoxy groups -OCH3 is 1. The normalized spacial score (nSPS) is 10.9. The number of aromatic amines is 1. The molecule has 0 aliphatic rings. The topological polar surface area (TPSA) is 132 Å². The molecule has 0 aliphatic heterocycles. The molecule has 0 atom stereocenters. The summed E-state index contributed by atoms with van der Waals surface area (Å²) in [5.41, 5.74) is 3.03. The van der Waals surface area contributed by atoms with Crippen molar-refractivity contribution in [2.75, 3.05) is 19.1 Å². The fourth-order valence-corrected chi connectivity index (χ4v) is 2.62. The van der Waals surface area contributed by atoms with Crippen molar-refractivity contribution in [2.24, 2.45) is 5.10 Å². The average molecular weight is 403 g/mol. The molecule has 0 saturated heterocycles. The molecular formula is C19H25N5O5. The standard InChI is InChI=1S/C19H25N5O5/c1-4-5-6-7-8-29-18-15(24(26)27)10-14(11-16(18)28-3)12-20-23-19-21-13(2)9-17(25)22-19/h9-12H,4-8H2,1-3H3,(H2,21,22,23,25)/b20-12-. The number of aryl methyl sites for hydroxylation is 1. The monoisotopic (exact) mass is 403 g/mol. The number of benzene rings is 1. The summed E-state index contributed by atoms with van der Waals surface area (Å²) in [7, 11) is 1.42. The van der Waals surface area contributed by atoms with Crippen LogP contribution < -0.4 is 20.5 Å². The highest BCUT2D eigenvalue weighted by Gasteiger charge is 2.22. The van der Waals surface area contributed by atoms with Crippen LogP contribution in [0.1, 0.15) is 43.9 Å². The van der Waals surface area contributed by atoms with Gasteiger partial charge in [-0.1, -0.05) is 26.2 Å². The zero-order valence-electron chi connectivity index (χ0n) is 16.7. The lowest BCUT2D eigenvalue weighted by molar-refractivity contribution is -0.386. The van der Waals surface area contributed by atoms with E-state index in [-0.39, 0.29) is 28.7 Å². The lowest BCUT2D eigenvalue weighted by Crippen LogP contribution is -2.10. The first-order valence-electron chi connectivity index (χ1n) is 9.30. The zero-order chi connectivity index (χ0) is 21.2. The number of unbranched alkanes of at least 4 members (excludes halogenated alkanes) is 3. The highest BCUT2D eigenvalue weighted by molar-refractivity contribution is 5.83. The van der Waals surface area contributed by atoms with E-state index >= 15 is 0 Å². The van der Waals surface area contributed by atoms with Crippen LogP contribution in [-0.4, -0.2) is 34.8 Å². The Bertz CT molecular complexity index is 926. The Morgan fingerprint density at radius 2 is 2.10 bits per heavy atom. The molecule has 10 heteroatoms. The number of hydrogen-bond acceptors (Lipinski definition) is 8. The summed E-state index contributed by atoms with van der Waals surface area (Å²) in [6.45, 7) is 4.16. The predicted molar refractivity (Wildman–Crippen MR) is 110 cm³/mol. The van der Waals surface area contributed by atoms with Gasteiger partial charge in [-0.25, -0.2) is 10.4 Å². The summed E-state index contributed by atoms with van der Waals surface area (Å²) in [6.07, 6.45) is 5.35. The molecule has 0 bridgehead atoms. The molecule has 0 saturated carbocycles. The first-order chi connectivity index (χ1) is 13.9. The van der Waals surface area contributed by atoms with Crippen LogP contribution in [0.15, 0.2) is 28.1 Å². The van der Waals surface area contributed by atoms with Crippen molar-refractivity contribution in [2.45, 2.75) is 39.5 Å². The van der Waals surface area contributed by atoms with Gasteiger partial charge in [0.25, 0.3) is 5.56 Å². The van der Waals surface area contributed by atoms with Gasteiger partial charge in [0.2, 0.25) is 11.7 Å². The third-order valence-electron chi connectivity index (χ3n) is 3.97. The number of ether oxygens (including phenoxy) is 2. The average Bonchev–Trinajstić information content (AvgIpc) is 2.67. The van der Waals surface area contributed by atoms with Crippen LogP contribution in [0.4, 0.5) is 11.6 Å². The summed E-state index contributed by atoms with van der Waals surface area (Å²) in [5, 5.41) is 15.5. The number of aromatic nitrogens is 2. The minimum atomic E-state index is -0.520. The minimum absolute atomic E-state index is 0.101. The minimum Gasteiger partial charge on any atom is -0.493 e. The Balaban J connectivity index is 2.18. The van der Waals surface area contributed by atoms with E-state index in [0.29, 0.717) is 17.9 Å². The third kappa shape index (κ3) is 6.59. The Kier molecular flexibility index (Phi) is 8.13. The van der Waals surface area contributed by atoms with E-state index < -0.39 is 4.92 Å². The first kappa shape index (κ1) is 21.9. The maximum absolute atomic E-state index is 11.5. The van der Waals surface area contributed by atoms with E-state index in [4.69, 9.17) is 9.47 Å². The van der Waals surface area contributed by atoms with E-state index in [1.807, 2.05) is 0 Å². The molecule has 2 N–H and O–H groups in total. The van der Waals surface area contributed by atoms with Crippen molar-refractivity contribution in [3.63, 3.8) is 0 Å². The van der Waals surface area contributed by atoms with Crippen LogP contribution in [-0.2, 0) is 0 Å². The van der Waals surface area contributed by atoms with Gasteiger partial charge in [0.05, 0.1) is 24.9 Å².